The van der Waals surface area contributed by atoms with Gasteiger partial charge >= 0.3 is 0 Å². The normalized spacial score (nSPS) is 12.0. The molecule has 0 fully saturated rings. The van der Waals surface area contributed by atoms with Crippen molar-refractivity contribution in [3.05, 3.63) is 23.8 Å². The van der Waals surface area contributed by atoms with Crippen molar-refractivity contribution < 1.29 is 4.79 Å². The molecular formula is C5H6BNO. The summed E-state index contributed by atoms with van der Waals surface area (Å²) in [5, 5.41) is 0. The number of allylic oxidation sites excluding steroid dienone is 2. The summed E-state index contributed by atoms with van der Waals surface area (Å²) in [7, 11) is 5.04. The van der Waals surface area contributed by atoms with Crippen molar-refractivity contribution in [2.45, 2.75) is 0 Å². The molecule has 0 rings (SSSR count). The van der Waals surface area contributed by atoms with Crippen LogP contribution in [0.15, 0.2) is 23.8 Å². The van der Waals surface area contributed by atoms with Crippen LogP contribution in [0.5, 0.6) is 0 Å². The van der Waals surface area contributed by atoms with Crippen molar-refractivity contribution >= 4 is 14.1 Å². The molecule has 2 nitrogen and oxygen atoms in total. The van der Waals surface area contributed by atoms with Crippen LogP contribution in [0.1, 0.15) is 0 Å². The first kappa shape index (κ1) is 7.01. The molecule has 3 heteroatoms. The summed E-state index contributed by atoms with van der Waals surface area (Å²) in [5.41, 5.74) is 5.38. The molecule has 0 unspecified atom stereocenters. The minimum absolute atomic E-state index is 0.0278. The summed E-state index contributed by atoms with van der Waals surface area (Å²) in [6, 6.07) is 0. The van der Waals surface area contributed by atoms with Gasteiger partial charge in [0.15, 0.2) is 0 Å². The number of aldehydes is 1. The molecule has 0 aromatic rings. The van der Waals surface area contributed by atoms with E-state index in [2.05, 4.69) is 6.58 Å². The Balaban J connectivity index is 4.25. The third-order valence-electron chi connectivity index (χ3n) is 0.680. The molecule has 0 amide bonds. The molecule has 0 aliphatic rings. The van der Waals surface area contributed by atoms with Gasteiger partial charge in [0.1, 0.15) is 14.1 Å². The maximum absolute atomic E-state index is 9.79. The average molecular weight is 107 g/mol. The molecule has 2 radical (unpaired) electrons. The van der Waals surface area contributed by atoms with E-state index in [4.69, 9.17) is 13.6 Å². The molecule has 2 N–H and O–H groups in total. The Morgan fingerprint density at radius 1 is 1.75 bits per heavy atom. The average Bonchev–Trinajstić information content (AvgIpc) is 1.84. The Morgan fingerprint density at radius 2 is 2.25 bits per heavy atom. The lowest BCUT2D eigenvalue weighted by atomic mass is 9.95. The molecule has 0 aromatic heterocycles. The first-order valence-corrected chi connectivity index (χ1v) is 2.05. The molecule has 0 atom stereocenters. The fourth-order valence-corrected chi connectivity index (χ4v) is 0.186. The van der Waals surface area contributed by atoms with Crippen molar-refractivity contribution in [2.75, 3.05) is 0 Å². The van der Waals surface area contributed by atoms with Gasteiger partial charge in [0.05, 0.1) is 0 Å². The van der Waals surface area contributed by atoms with Crippen LogP contribution in [0.2, 0.25) is 0 Å². The predicted molar refractivity (Wildman–Crippen MR) is 33.2 cm³/mol. The van der Waals surface area contributed by atoms with E-state index in [0.717, 1.165) is 0 Å². The van der Waals surface area contributed by atoms with E-state index in [1.54, 1.807) is 0 Å². The predicted octanol–water partition coefficient (Wildman–Crippen LogP) is -0.290. The molecule has 0 saturated heterocycles. The maximum Gasteiger partial charge on any atom is 0.137 e. The van der Waals surface area contributed by atoms with Gasteiger partial charge in [-0.3, -0.25) is 4.79 Å². The third kappa shape index (κ3) is 1.64. The van der Waals surface area contributed by atoms with Crippen LogP contribution in [0.4, 0.5) is 0 Å². The van der Waals surface area contributed by atoms with Crippen LogP contribution in [-0.2, 0) is 4.79 Å². The minimum atomic E-state index is 0.0278. The number of rotatable bonds is 2. The van der Waals surface area contributed by atoms with Crippen molar-refractivity contribution in [3.63, 3.8) is 0 Å². The lowest BCUT2D eigenvalue weighted by Crippen LogP contribution is -1.99. The molecule has 0 aliphatic carbocycles. The van der Waals surface area contributed by atoms with Crippen molar-refractivity contribution in [1.82, 2.24) is 0 Å². The van der Waals surface area contributed by atoms with Crippen LogP contribution in [0.3, 0.4) is 0 Å². The minimum Gasteiger partial charge on any atom is -0.399 e. The summed E-state index contributed by atoms with van der Waals surface area (Å²) < 4.78 is 0. The van der Waals surface area contributed by atoms with Crippen molar-refractivity contribution in [1.29, 1.82) is 0 Å². The van der Waals surface area contributed by atoms with Gasteiger partial charge in [-0.1, -0.05) is 6.58 Å². The van der Waals surface area contributed by atoms with Gasteiger partial charge in [0, 0.05) is 5.70 Å². The van der Waals surface area contributed by atoms with Gasteiger partial charge in [-0.05, 0) is 11.5 Å². The molecule has 8 heavy (non-hydrogen) atoms. The summed E-state index contributed by atoms with van der Waals surface area (Å²) in [6.45, 7) is 3.31. The van der Waals surface area contributed by atoms with E-state index in [9.17, 15) is 4.79 Å². The number of hydrogen-bond acceptors (Lipinski definition) is 2. The van der Waals surface area contributed by atoms with Crippen LogP contribution in [-0.4, -0.2) is 14.1 Å². The van der Waals surface area contributed by atoms with E-state index in [1.807, 2.05) is 0 Å². The summed E-state index contributed by atoms with van der Waals surface area (Å²) in [4.78, 5) is 9.79. The fourth-order valence-electron chi connectivity index (χ4n) is 0.186. The first-order valence-electron chi connectivity index (χ1n) is 2.05. The van der Waals surface area contributed by atoms with E-state index in [-0.39, 0.29) is 11.2 Å². The standard InChI is InChI=1S/C5H6BNO/c1-2-5(7)4(6)3-8/h2-3H,1,7H2/b5-4-. The van der Waals surface area contributed by atoms with E-state index in [0.29, 0.717) is 6.29 Å². The summed E-state index contributed by atoms with van der Waals surface area (Å²) in [6.07, 6.45) is 1.81. The Labute approximate surface area is 49.5 Å². The van der Waals surface area contributed by atoms with Crippen LogP contribution in [0.25, 0.3) is 0 Å². The zero-order chi connectivity index (χ0) is 6.57. The highest BCUT2D eigenvalue weighted by Gasteiger charge is 1.86. The van der Waals surface area contributed by atoms with Crippen LogP contribution in [0, 0.1) is 0 Å². The summed E-state index contributed by atoms with van der Waals surface area (Å²) >= 11 is 0. The third-order valence-corrected chi connectivity index (χ3v) is 0.680. The van der Waals surface area contributed by atoms with Gasteiger partial charge in [-0.2, -0.15) is 0 Å². The molecule has 0 aromatic carbocycles. The second kappa shape index (κ2) is 3.07. The Kier molecular flexibility index (Phi) is 2.70. The van der Waals surface area contributed by atoms with E-state index >= 15 is 0 Å². The highest BCUT2D eigenvalue weighted by atomic mass is 16.1. The van der Waals surface area contributed by atoms with E-state index < -0.39 is 0 Å². The van der Waals surface area contributed by atoms with E-state index in [1.165, 1.54) is 6.08 Å². The fraction of sp³-hybridized carbons (Fsp3) is 0. The molecule has 0 saturated carbocycles. The van der Waals surface area contributed by atoms with Gasteiger partial charge in [-0.15, -0.1) is 0 Å². The Hall–Kier alpha value is -0.985. The van der Waals surface area contributed by atoms with Crippen molar-refractivity contribution in [3.8, 4) is 0 Å². The molecule has 0 aliphatic heterocycles. The second-order valence-electron chi connectivity index (χ2n) is 1.23. The van der Waals surface area contributed by atoms with Gasteiger partial charge < -0.3 is 5.73 Å². The van der Waals surface area contributed by atoms with Gasteiger partial charge in [-0.25, -0.2) is 0 Å². The number of carbonyl (C=O) groups excluding carboxylic acids is 1. The highest BCUT2D eigenvalue weighted by Crippen LogP contribution is 1.87. The monoisotopic (exact) mass is 107 g/mol. The SMILES string of the molecule is [B]/C(C=O)=C(\N)C=C. The number of hydrogen-bond donors (Lipinski definition) is 1. The van der Waals surface area contributed by atoms with Crippen LogP contribution >= 0.6 is 0 Å². The molecule has 0 heterocycles. The lowest BCUT2D eigenvalue weighted by molar-refractivity contribution is -0.104. The van der Waals surface area contributed by atoms with Crippen LogP contribution < -0.4 is 5.73 Å². The zero-order valence-corrected chi connectivity index (χ0v) is 4.42. The van der Waals surface area contributed by atoms with Crippen molar-refractivity contribution in [2.24, 2.45) is 5.73 Å². The molecule has 0 spiro atoms. The Morgan fingerprint density at radius 3 is 2.38 bits per heavy atom. The molecule has 0 bridgehead atoms. The summed E-state index contributed by atoms with van der Waals surface area (Å²) in [5.74, 6) is 0. The quantitative estimate of drug-likeness (QED) is 0.228. The highest BCUT2D eigenvalue weighted by molar-refractivity contribution is 6.32. The molecule has 40 valence electrons. The topological polar surface area (TPSA) is 43.1 Å². The smallest absolute Gasteiger partial charge is 0.137 e. The number of carbonyl (C=O) groups is 1. The van der Waals surface area contributed by atoms with Gasteiger partial charge in [0.2, 0.25) is 0 Å². The second-order valence-corrected chi connectivity index (χ2v) is 1.23. The zero-order valence-electron chi connectivity index (χ0n) is 4.42. The first-order chi connectivity index (χ1) is 3.72. The lowest BCUT2D eigenvalue weighted by Gasteiger charge is -1.90. The van der Waals surface area contributed by atoms with Gasteiger partial charge in [0.25, 0.3) is 0 Å². The number of nitrogens with two attached hydrogens (primary N) is 1. The molecular weight excluding hydrogens is 101 g/mol. The largest absolute Gasteiger partial charge is 0.399 e. The maximum atomic E-state index is 9.79. The Bertz CT molecular complexity index is 123.